The van der Waals surface area contributed by atoms with Gasteiger partial charge in [-0.05, 0) is 63.2 Å². The first-order valence-corrected chi connectivity index (χ1v) is 9.46. The number of piperidine rings is 2. The Kier molecular flexibility index (Phi) is 4.52. The standard InChI is InChI=1S/C19H35N3O/c1-18(2)16(19(18,3)4)17(23)20-14-7-6-10-22(13-14)15-8-11-21(5)12-9-15/h14-16H,6-13H2,1-5H3,(H,20,23)/t14-/m1/s1. The highest BCUT2D eigenvalue weighted by Crippen LogP contribution is 2.68. The quantitative estimate of drug-likeness (QED) is 0.867. The molecule has 2 aliphatic heterocycles. The molecule has 2 saturated heterocycles. The van der Waals surface area contributed by atoms with Gasteiger partial charge >= 0.3 is 0 Å². The minimum atomic E-state index is 0.138. The van der Waals surface area contributed by atoms with Crippen LogP contribution in [0.2, 0.25) is 0 Å². The second-order valence-electron chi connectivity index (χ2n) is 9.25. The van der Waals surface area contributed by atoms with Crippen molar-refractivity contribution in [3.63, 3.8) is 0 Å². The largest absolute Gasteiger partial charge is 0.352 e. The second kappa shape index (κ2) is 6.03. The molecular weight excluding hydrogens is 286 g/mol. The van der Waals surface area contributed by atoms with Gasteiger partial charge in [0.15, 0.2) is 0 Å². The molecule has 132 valence electrons. The van der Waals surface area contributed by atoms with Crippen LogP contribution in [0, 0.1) is 16.7 Å². The van der Waals surface area contributed by atoms with Crippen molar-refractivity contribution < 1.29 is 4.79 Å². The van der Waals surface area contributed by atoms with Crippen molar-refractivity contribution >= 4 is 5.91 Å². The minimum absolute atomic E-state index is 0.138. The van der Waals surface area contributed by atoms with E-state index in [1.54, 1.807) is 0 Å². The van der Waals surface area contributed by atoms with Gasteiger partial charge in [-0.1, -0.05) is 27.7 Å². The van der Waals surface area contributed by atoms with Gasteiger partial charge < -0.3 is 10.2 Å². The number of hydrogen-bond donors (Lipinski definition) is 1. The van der Waals surface area contributed by atoms with E-state index in [0.29, 0.717) is 6.04 Å². The zero-order valence-electron chi connectivity index (χ0n) is 15.7. The van der Waals surface area contributed by atoms with Crippen LogP contribution in [0.15, 0.2) is 0 Å². The smallest absolute Gasteiger partial charge is 0.224 e. The molecule has 0 bridgehead atoms. The molecule has 1 amide bonds. The Morgan fingerprint density at radius 3 is 2.17 bits per heavy atom. The van der Waals surface area contributed by atoms with Gasteiger partial charge in [0.1, 0.15) is 0 Å². The van der Waals surface area contributed by atoms with E-state index >= 15 is 0 Å². The van der Waals surface area contributed by atoms with Crippen molar-refractivity contribution in [2.75, 3.05) is 33.2 Å². The molecular formula is C19H35N3O. The molecule has 1 N–H and O–H groups in total. The van der Waals surface area contributed by atoms with Gasteiger partial charge in [-0.2, -0.15) is 0 Å². The van der Waals surface area contributed by atoms with Gasteiger partial charge in [-0.15, -0.1) is 0 Å². The molecule has 0 aromatic carbocycles. The molecule has 4 heteroatoms. The first-order chi connectivity index (χ1) is 10.7. The normalized spacial score (nSPS) is 32.7. The first-order valence-electron chi connectivity index (χ1n) is 9.46. The van der Waals surface area contributed by atoms with Crippen LogP contribution in [0.5, 0.6) is 0 Å². The summed E-state index contributed by atoms with van der Waals surface area (Å²) in [5.41, 5.74) is 0.277. The molecule has 3 fully saturated rings. The fraction of sp³-hybridized carbons (Fsp3) is 0.947. The van der Waals surface area contributed by atoms with Gasteiger partial charge in [0.05, 0.1) is 0 Å². The third kappa shape index (κ3) is 3.17. The second-order valence-corrected chi connectivity index (χ2v) is 9.25. The SMILES string of the molecule is CN1CCC(N2CCC[C@@H](NC(=O)C3C(C)(C)C3(C)C)C2)CC1. The zero-order valence-corrected chi connectivity index (χ0v) is 15.7. The first kappa shape index (κ1) is 17.2. The Balaban J connectivity index is 1.52. The van der Waals surface area contributed by atoms with Crippen LogP contribution >= 0.6 is 0 Å². The van der Waals surface area contributed by atoms with Crippen molar-refractivity contribution in [1.82, 2.24) is 15.1 Å². The summed E-state index contributed by atoms with van der Waals surface area (Å²) in [4.78, 5) is 17.8. The average molecular weight is 322 g/mol. The maximum Gasteiger partial charge on any atom is 0.224 e. The molecule has 3 aliphatic rings. The molecule has 1 atom stereocenters. The molecule has 4 nitrogen and oxygen atoms in total. The predicted octanol–water partition coefficient (Wildman–Crippen LogP) is 2.34. The molecule has 0 aromatic heterocycles. The van der Waals surface area contributed by atoms with E-state index in [9.17, 15) is 4.79 Å². The molecule has 0 unspecified atom stereocenters. The van der Waals surface area contributed by atoms with Crippen LogP contribution in [0.1, 0.15) is 53.4 Å². The lowest BCUT2D eigenvalue weighted by Gasteiger charge is -2.41. The van der Waals surface area contributed by atoms with Crippen molar-refractivity contribution in [2.24, 2.45) is 16.7 Å². The number of nitrogens with one attached hydrogen (secondary N) is 1. The zero-order chi connectivity index (χ0) is 16.8. The third-order valence-corrected chi connectivity index (χ3v) is 7.29. The Morgan fingerprint density at radius 2 is 1.61 bits per heavy atom. The molecule has 3 rings (SSSR count). The lowest BCUT2D eigenvalue weighted by molar-refractivity contribution is -0.124. The summed E-state index contributed by atoms with van der Waals surface area (Å²) in [6, 6.07) is 1.07. The summed E-state index contributed by atoms with van der Waals surface area (Å²) in [5.74, 6) is 0.462. The maximum absolute atomic E-state index is 12.7. The van der Waals surface area contributed by atoms with Crippen molar-refractivity contribution in [3.8, 4) is 0 Å². The summed E-state index contributed by atoms with van der Waals surface area (Å²) in [5, 5.41) is 3.38. The van der Waals surface area contributed by atoms with E-state index in [1.165, 1.54) is 38.9 Å². The molecule has 0 radical (unpaired) electrons. The number of rotatable bonds is 3. The number of nitrogens with zero attached hydrogens (tertiary/aromatic N) is 2. The van der Waals surface area contributed by atoms with Crippen molar-refractivity contribution in [2.45, 2.75) is 65.5 Å². The number of carbonyl (C=O) groups excluding carboxylic acids is 1. The van der Waals surface area contributed by atoms with Crippen LogP contribution in [0.3, 0.4) is 0 Å². The Bertz CT molecular complexity index is 438. The van der Waals surface area contributed by atoms with Gasteiger partial charge in [-0.25, -0.2) is 0 Å². The Morgan fingerprint density at radius 1 is 1.00 bits per heavy atom. The van der Waals surface area contributed by atoms with Gasteiger partial charge in [0.2, 0.25) is 5.91 Å². The van der Waals surface area contributed by atoms with E-state index in [1.807, 2.05) is 0 Å². The van der Waals surface area contributed by atoms with Crippen LogP contribution in [0.4, 0.5) is 0 Å². The van der Waals surface area contributed by atoms with Gasteiger partial charge in [-0.3, -0.25) is 9.69 Å². The monoisotopic (exact) mass is 321 g/mol. The highest BCUT2D eigenvalue weighted by Gasteiger charge is 2.68. The molecule has 1 saturated carbocycles. The van der Waals surface area contributed by atoms with Crippen LogP contribution in [0.25, 0.3) is 0 Å². The molecule has 0 spiro atoms. The Hall–Kier alpha value is -0.610. The van der Waals surface area contributed by atoms with E-state index in [-0.39, 0.29) is 22.7 Å². The molecule has 23 heavy (non-hydrogen) atoms. The number of hydrogen-bond acceptors (Lipinski definition) is 3. The van der Waals surface area contributed by atoms with E-state index in [4.69, 9.17) is 0 Å². The highest BCUT2D eigenvalue weighted by atomic mass is 16.2. The Labute approximate surface area is 142 Å². The van der Waals surface area contributed by atoms with E-state index < -0.39 is 0 Å². The molecule has 1 aliphatic carbocycles. The van der Waals surface area contributed by atoms with Crippen molar-refractivity contribution in [3.05, 3.63) is 0 Å². The predicted molar refractivity (Wildman–Crippen MR) is 94.3 cm³/mol. The van der Waals surface area contributed by atoms with E-state index in [0.717, 1.165) is 19.0 Å². The fourth-order valence-corrected chi connectivity index (χ4v) is 4.95. The van der Waals surface area contributed by atoms with Crippen LogP contribution in [-0.4, -0.2) is 61.0 Å². The maximum atomic E-state index is 12.7. The average Bonchev–Trinajstić information content (AvgIpc) is 2.89. The van der Waals surface area contributed by atoms with E-state index in [2.05, 4.69) is 49.9 Å². The van der Waals surface area contributed by atoms with Crippen molar-refractivity contribution in [1.29, 1.82) is 0 Å². The van der Waals surface area contributed by atoms with Crippen LogP contribution in [-0.2, 0) is 4.79 Å². The lowest BCUT2D eigenvalue weighted by atomic mass is 9.98. The lowest BCUT2D eigenvalue weighted by Crippen LogP contribution is -2.53. The highest BCUT2D eigenvalue weighted by molar-refractivity contribution is 5.84. The summed E-state index contributed by atoms with van der Waals surface area (Å²) in [6.45, 7) is 13.6. The summed E-state index contributed by atoms with van der Waals surface area (Å²) in [6.07, 6.45) is 4.91. The summed E-state index contributed by atoms with van der Waals surface area (Å²) >= 11 is 0. The fourth-order valence-electron chi connectivity index (χ4n) is 4.95. The van der Waals surface area contributed by atoms with Gasteiger partial charge in [0, 0.05) is 24.5 Å². The third-order valence-electron chi connectivity index (χ3n) is 7.29. The number of carbonyl (C=O) groups is 1. The topological polar surface area (TPSA) is 35.6 Å². The van der Waals surface area contributed by atoms with Crippen LogP contribution < -0.4 is 5.32 Å². The summed E-state index contributed by atoms with van der Waals surface area (Å²) < 4.78 is 0. The molecule has 0 aromatic rings. The number of amides is 1. The minimum Gasteiger partial charge on any atom is -0.352 e. The van der Waals surface area contributed by atoms with Gasteiger partial charge in [0.25, 0.3) is 0 Å². The summed E-state index contributed by atoms with van der Waals surface area (Å²) in [7, 11) is 2.22. The number of likely N-dealkylation sites (tertiary alicyclic amines) is 2. The molecule has 2 heterocycles.